The summed E-state index contributed by atoms with van der Waals surface area (Å²) in [4.78, 5) is 15.7. The molecule has 5 heteroatoms. The molecule has 1 aliphatic heterocycles. The molecule has 0 radical (unpaired) electrons. The van der Waals surface area contributed by atoms with E-state index in [1.165, 1.54) is 5.69 Å². The summed E-state index contributed by atoms with van der Waals surface area (Å²) >= 11 is 3.55. The van der Waals surface area contributed by atoms with Crippen molar-refractivity contribution in [2.24, 2.45) is 0 Å². The van der Waals surface area contributed by atoms with Gasteiger partial charge in [-0.25, -0.2) is 4.79 Å². The van der Waals surface area contributed by atoms with Gasteiger partial charge in [0, 0.05) is 30.7 Å². The molecule has 4 nitrogen and oxygen atoms in total. The predicted octanol–water partition coefficient (Wildman–Crippen LogP) is 2.89. The van der Waals surface area contributed by atoms with Crippen molar-refractivity contribution in [1.82, 2.24) is 4.90 Å². The van der Waals surface area contributed by atoms with Crippen molar-refractivity contribution < 1.29 is 9.53 Å². The van der Waals surface area contributed by atoms with Gasteiger partial charge in [-0.1, -0.05) is 24.8 Å². The zero-order chi connectivity index (χ0) is 13.7. The van der Waals surface area contributed by atoms with Crippen LogP contribution in [0.2, 0.25) is 0 Å². The first-order valence-corrected chi connectivity index (χ1v) is 7.03. The first kappa shape index (κ1) is 13.9. The predicted molar refractivity (Wildman–Crippen MR) is 79.5 cm³/mol. The molecule has 0 atom stereocenters. The van der Waals surface area contributed by atoms with Gasteiger partial charge in [0.15, 0.2) is 0 Å². The van der Waals surface area contributed by atoms with Crippen LogP contribution in [-0.2, 0) is 4.74 Å². The lowest BCUT2D eigenvalue weighted by Crippen LogP contribution is -2.49. The van der Waals surface area contributed by atoms with E-state index in [2.05, 4.69) is 33.5 Å². The third-order valence-corrected chi connectivity index (χ3v) is 3.73. The molecule has 0 aromatic heterocycles. The minimum atomic E-state index is -0.258. The number of hydrogen-bond donors (Lipinski definition) is 0. The molecule has 1 aromatic carbocycles. The summed E-state index contributed by atoms with van der Waals surface area (Å²) in [6.07, 6.45) is 1.32. The molecular weight excluding hydrogens is 308 g/mol. The van der Waals surface area contributed by atoms with Gasteiger partial charge in [-0.3, -0.25) is 0 Å². The lowest BCUT2D eigenvalue weighted by atomic mass is 10.2. The van der Waals surface area contributed by atoms with Crippen LogP contribution in [0.5, 0.6) is 0 Å². The molecule has 19 heavy (non-hydrogen) atoms. The third kappa shape index (κ3) is 3.50. The molecular formula is C14H17BrN2O2. The Bertz CT molecular complexity index is 457. The second-order valence-corrected chi connectivity index (χ2v) is 5.15. The lowest BCUT2D eigenvalue weighted by Gasteiger charge is -2.35. The normalized spacial score (nSPS) is 15.2. The fourth-order valence-corrected chi connectivity index (χ4v) is 2.60. The summed E-state index contributed by atoms with van der Waals surface area (Å²) in [6.45, 7) is 6.78. The van der Waals surface area contributed by atoms with Crippen LogP contribution in [0.4, 0.5) is 10.5 Å². The molecule has 2 rings (SSSR count). The summed E-state index contributed by atoms with van der Waals surface area (Å²) in [6, 6.07) is 8.12. The Balaban J connectivity index is 1.91. The number of benzene rings is 1. The molecule has 1 aliphatic rings. The molecule has 102 valence electrons. The molecule has 0 saturated carbocycles. The maximum atomic E-state index is 11.7. The van der Waals surface area contributed by atoms with E-state index in [1.54, 1.807) is 11.0 Å². The number of rotatable bonds is 3. The van der Waals surface area contributed by atoms with Gasteiger partial charge >= 0.3 is 6.09 Å². The Morgan fingerprint density at radius 1 is 1.32 bits per heavy atom. The molecule has 1 amide bonds. The molecule has 0 bridgehead atoms. The zero-order valence-electron chi connectivity index (χ0n) is 10.7. The van der Waals surface area contributed by atoms with E-state index in [4.69, 9.17) is 4.74 Å². The summed E-state index contributed by atoms with van der Waals surface area (Å²) < 4.78 is 6.12. The van der Waals surface area contributed by atoms with E-state index < -0.39 is 0 Å². The Kier molecular flexibility index (Phi) is 4.85. The Morgan fingerprint density at radius 3 is 2.63 bits per heavy atom. The van der Waals surface area contributed by atoms with E-state index in [1.807, 2.05) is 18.2 Å². The number of piperazine rings is 1. The number of carbonyl (C=O) groups is 1. The van der Waals surface area contributed by atoms with Crippen LogP contribution in [0.15, 0.2) is 41.4 Å². The molecule has 0 N–H and O–H groups in total. The number of ether oxygens (including phenoxy) is 1. The van der Waals surface area contributed by atoms with Crippen molar-refractivity contribution in [1.29, 1.82) is 0 Å². The van der Waals surface area contributed by atoms with Gasteiger partial charge in [0.1, 0.15) is 6.61 Å². The van der Waals surface area contributed by atoms with Gasteiger partial charge in [-0.2, -0.15) is 0 Å². The smallest absolute Gasteiger partial charge is 0.410 e. The minimum Gasteiger partial charge on any atom is -0.445 e. The number of hydrogen-bond acceptors (Lipinski definition) is 3. The molecule has 0 spiro atoms. The number of nitrogens with zero attached hydrogens (tertiary/aromatic N) is 2. The lowest BCUT2D eigenvalue weighted by molar-refractivity contribution is 0.110. The van der Waals surface area contributed by atoms with Crippen molar-refractivity contribution in [3.63, 3.8) is 0 Å². The van der Waals surface area contributed by atoms with Crippen molar-refractivity contribution >= 4 is 27.7 Å². The van der Waals surface area contributed by atoms with Gasteiger partial charge in [-0.05, 0) is 28.1 Å². The summed E-state index contributed by atoms with van der Waals surface area (Å²) in [5.41, 5.74) is 1.17. The topological polar surface area (TPSA) is 32.8 Å². The first-order chi connectivity index (χ1) is 9.22. The van der Waals surface area contributed by atoms with Crippen LogP contribution < -0.4 is 4.90 Å². The average molecular weight is 325 g/mol. The van der Waals surface area contributed by atoms with E-state index >= 15 is 0 Å². The number of para-hydroxylation sites is 1. The summed E-state index contributed by atoms with van der Waals surface area (Å²) in [5, 5.41) is 0. The standard InChI is InChI=1S/C14H17BrN2O2/c1-2-11-19-14(18)17-9-7-16(8-10-17)13-6-4-3-5-12(13)15/h2-6H,1,7-11H2. The fourth-order valence-electron chi connectivity index (χ4n) is 2.06. The van der Waals surface area contributed by atoms with Gasteiger partial charge in [0.2, 0.25) is 0 Å². The highest BCUT2D eigenvalue weighted by molar-refractivity contribution is 9.10. The maximum absolute atomic E-state index is 11.7. The van der Waals surface area contributed by atoms with Crippen LogP contribution in [0.1, 0.15) is 0 Å². The van der Waals surface area contributed by atoms with Crippen molar-refractivity contribution in [3.8, 4) is 0 Å². The first-order valence-electron chi connectivity index (χ1n) is 6.24. The van der Waals surface area contributed by atoms with Crippen LogP contribution in [0.3, 0.4) is 0 Å². The Morgan fingerprint density at radius 2 is 2.00 bits per heavy atom. The van der Waals surface area contributed by atoms with Crippen molar-refractivity contribution in [2.75, 3.05) is 37.7 Å². The third-order valence-electron chi connectivity index (χ3n) is 3.06. The highest BCUT2D eigenvalue weighted by Crippen LogP contribution is 2.26. The second kappa shape index (κ2) is 6.61. The second-order valence-electron chi connectivity index (χ2n) is 4.29. The van der Waals surface area contributed by atoms with E-state index in [0.29, 0.717) is 13.1 Å². The van der Waals surface area contributed by atoms with E-state index in [9.17, 15) is 4.79 Å². The SMILES string of the molecule is C=CCOC(=O)N1CCN(c2ccccc2Br)CC1. The molecule has 0 unspecified atom stereocenters. The van der Waals surface area contributed by atoms with Gasteiger partial charge < -0.3 is 14.5 Å². The average Bonchev–Trinajstić information content (AvgIpc) is 2.45. The van der Waals surface area contributed by atoms with Crippen LogP contribution in [0, 0.1) is 0 Å². The quantitative estimate of drug-likeness (QED) is 0.801. The summed E-state index contributed by atoms with van der Waals surface area (Å²) in [5.74, 6) is 0. The van der Waals surface area contributed by atoms with Gasteiger partial charge in [-0.15, -0.1) is 0 Å². The number of anilines is 1. The molecule has 0 aliphatic carbocycles. The number of carbonyl (C=O) groups excluding carboxylic acids is 1. The van der Waals surface area contributed by atoms with Crippen molar-refractivity contribution in [2.45, 2.75) is 0 Å². The van der Waals surface area contributed by atoms with Crippen molar-refractivity contribution in [3.05, 3.63) is 41.4 Å². The molecule has 1 aromatic rings. The Labute approximate surface area is 121 Å². The van der Waals surface area contributed by atoms with Crippen LogP contribution in [0.25, 0.3) is 0 Å². The number of halogens is 1. The largest absolute Gasteiger partial charge is 0.445 e. The van der Waals surface area contributed by atoms with Gasteiger partial charge in [0.05, 0.1) is 5.69 Å². The zero-order valence-corrected chi connectivity index (χ0v) is 12.3. The van der Waals surface area contributed by atoms with Gasteiger partial charge in [0.25, 0.3) is 0 Å². The van der Waals surface area contributed by atoms with E-state index in [0.717, 1.165) is 17.6 Å². The highest BCUT2D eigenvalue weighted by Gasteiger charge is 2.22. The maximum Gasteiger partial charge on any atom is 0.410 e. The summed E-state index contributed by atoms with van der Waals surface area (Å²) in [7, 11) is 0. The molecule has 1 fully saturated rings. The fraction of sp³-hybridized carbons (Fsp3) is 0.357. The Hall–Kier alpha value is -1.49. The highest BCUT2D eigenvalue weighted by atomic mass is 79.9. The van der Waals surface area contributed by atoms with E-state index in [-0.39, 0.29) is 12.7 Å². The minimum absolute atomic E-state index is 0.258. The molecule has 1 saturated heterocycles. The van der Waals surface area contributed by atoms with Crippen LogP contribution >= 0.6 is 15.9 Å². The van der Waals surface area contributed by atoms with Crippen LogP contribution in [-0.4, -0.2) is 43.8 Å². The monoisotopic (exact) mass is 324 g/mol. The number of amides is 1. The molecule has 1 heterocycles.